The monoisotopic (exact) mass is 496 g/mol. The molecule has 0 saturated carbocycles. The van der Waals surface area contributed by atoms with Crippen molar-refractivity contribution in [2.75, 3.05) is 20.8 Å². The van der Waals surface area contributed by atoms with Gasteiger partial charge in [0, 0.05) is 25.8 Å². The Morgan fingerprint density at radius 2 is 1.78 bits per heavy atom. The zero-order valence-electron chi connectivity index (χ0n) is 20.7. The minimum absolute atomic E-state index is 0.169. The summed E-state index contributed by atoms with van der Waals surface area (Å²) in [6, 6.07) is 11.4. The van der Waals surface area contributed by atoms with E-state index in [2.05, 4.69) is 4.98 Å². The number of benzene rings is 2. The van der Waals surface area contributed by atoms with Crippen molar-refractivity contribution in [1.29, 1.82) is 0 Å². The number of nitrogens with one attached hydrogen (secondary N) is 1. The van der Waals surface area contributed by atoms with E-state index in [-0.39, 0.29) is 18.3 Å². The molecule has 0 aliphatic carbocycles. The molecule has 0 atom stereocenters. The first-order chi connectivity index (χ1) is 17.3. The van der Waals surface area contributed by atoms with Crippen molar-refractivity contribution < 1.29 is 18.6 Å². The van der Waals surface area contributed by atoms with Gasteiger partial charge in [0.05, 0.1) is 13.7 Å². The average Bonchev–Trinajstić information content (AvgIpc) is 3.24. The smallest absolute Gasteiger partial charge is 0.330 e. The van der Waals surface area contributed by atoms with Crippen molar-refractivity contribution >= 4 is 11.2 Å². The van der Waals surface area contributed by atoms with E-state index in [0.717, 1.165) is 5.56 Å². The van der Waals surface area contributed by atoms with Gasteiger partial charge in [-0.2, -0.15) is 0 Å². The average molecular weight is 497 g/mol. The molecule has 0 bridgehead atoms. The van der Waals surface area contributed by atoms with Crippen LogP contribution in [0.1, 0.15) is 19.4 Å². The third-order valence-corrected chi connectivity index (χ3v) is 5.68. The number of methoxy groups -OCH3 is 2. The SMILES string of the molecule is COCCn1c(-c2ccc(OCc3ccc(F)cc3)c(OC)c2)nc2c1c(=O)[nH]c(=O)n2CC(C)C. The highest BCUT2D eigenvalue weighted by Crippen LogP contribution is 2.33. The minimum Gasteiger partial charge on any atom is -0.493 e. The topological polar surface area (TPSA) is 100 Å². The van der Waals surface area contributed by atoms with E-state index >= 15 is 0 Å². The van der Waals surface area contributed by atoms with Crippen molar-refractivity contribution in [1.82, 2.24) is 19.1 Å². The van der Waals surface area contributed by atoms with Crippen LogP contribution in [-0.4, -0.2) is 39.9 Å². The number of rotatable bonds is 10. The number of halogens is 1. The largest absolute Gasteiger partial charge is 0.493 e. The normalized spacial score (nSPS) is 11.4. The van der Waals surface area contributed by atoms with Crippen LogP contribution in [0.4, 0.5) is 4.39 Å². The summed E-state index contributed by atoms with van der Waals surface area (Å²) in [6.07, 6.45) is 0. The Labute approximate surface area is 207 Å². The van der Waals surface area contributed by atoms with E-state index < -0.39 is 11.2 Å². The molecular formula is C26H29FN4O5. The molecular weight excluding hydrogens is 467 g/mol. The highest BCUT2D eigenvalue weighted by molar-refractivity contribution is 5.77. The molecule has 0 amide bonds. The van der Waals surface area contributed by atoms with E-state index in [4.69, 9.17) is 19.2 Å². The summed E-state index contributed by atoms with van der Waals surface area (Å²) >= 11 is 0. The Morgan fingerprint density at radius 1 is 1.03 bits per heavy atom. The number of ether oxygens (including phenoxy) is 3. The lowest BCUT2D eigenvalue weighted by Crippen LogP contribution is -2.32. The Bertz CT molecular complexity index is 1470. The molecule has 4 aromatic rings. The molecule has 0 spiro atoms. The summed E-state index contributed by atoms with van der Waals surface area (Å²) in [6.45, 7) is 5.32. The first kappa shape index (κ1) is 25.2. The molecule has 0 aliphatic heterocycles. The van der Waals surface area contributed by atoms with Gasteiger partial charge in [-0.05, 0) is 41.8 Å². The molecule has 0 saturated heterocycles. The molecule has 9 nitrogen and oxygen atoms in total. The van der Waals surface area contributed by atoms with Gasteiger partial charge in [0.25, 0.3) is 5.56 Å². The summed E-state index contributed by atoms with van der Waals surface area (Å²) < 4.78 is 33.1. The molecule has 4 rings (SSSR count). The number of aromatic amines is 1. The fraction of sp³-hybridized carbons (Fsp3) is 0.346. The molecule has 2 aromatic carbocycles. The van der Waals surface area contributed by atoms with Crippen molar-refractivity contribution in [2.24, 2.45) is 5.92 Å². The van der Waals surface area contributed by atoms with Gasteiger partial charge in [-0.3, -0.25) is 14.3 Å². The van der Waals surface area contributed by atoms with Gasteiger partial charge < -0.3 is 18.8 Å². The molecule has 0 aliphatic rings. The minimum atomic E-state index is -0.504. The number of imidazole rings is 1. The molecule has 2 aromatic heterocycles. The summed E-state index contributed by atoms with van der Waals surface area (Å²) in [7, 11) is 3.11. The van der Waals surface area contributed by atoms with Crippen molar-refractivity contribution in [3.05, 3.63) is 74.7 Å². The van der Waals surface area contributed by atoms with Crippen LogP contribution in [0, 0.1) is 11.7 Å². The van der Waals surface area contributed by atoms with Crippen molar-refractivity contribution in [2.45, 2.75) is 33.5 Å². The first-order valence-electron chi connectivity index (χ1n) is 11.6. The maximum absolute atomic E-state index is 13.2. The second-order valence-corrected chi connectivity index (χ2v) is 8.80. The number of fused-ring (bicyclic) bond motifs is 1. The summed E-state index contributed by atoms with van der Waals surface area (Å²) in [5.41, 5.74) is 1.11. The number of hydrogen-bond acceptors (Lipinski definition) is 6. The van der Waals surface area contributed by atoms with Crippen LogP contribution in [0.3, 0.4) is 0 Å². The Kier molecular flexibility index (Phi) is 7.54. The van der Waals surface area contributed by atoms with E-state index in [0.29, 0.717) is 53.7 Å². The highest BCUT2D eigenvalue weighted by Gasteiger charge is 2.21. The zero-order valence-corrected chi connectivity index (χ0v) is 20.7. The second-order valence-electron chi connectivity index (χ2n) is 8.80. The third kappa shape index (κ3) is 5.18. The van der Waals surface area contributed by atoms with Crippen LogP contribution in [0.5, 0.6) is 11.5 Å². The zero-order chi connectivity index (χ0) is 25.8. The number of aromatic nitrogens is 4. The van der Waals surface area contributed by atoms with Gasteiger partial charge in [0.1, 0.15) is 18.2 Å². The summed E-state index contributed by atoms with van der Waals surface area (Å²) in [4.78, 5) is 32.6. The Morgan fingerprint density at radius 3 is 2.44 bits per heavy atom. The van der Waals surface area contributed by atoms with Crippen LogP contribution in [-0.2, 0) is 24.4 Å². The van der Waals surface area contributed by atoms with Gasteiger partial charge in [-0.1, -0.05) is 26.0 Å². The molecule has 36 heavy (non-hydrogen) atoms. The molecule has 1 N–H and O–H groups in total. The lowest BCUT2D eigenvalue weighted by atomic mass is 10.2. The number of nitrogens with zero attached hydrogens (tertiary/aromatic N) is 3. The molecule has 0 unspecified atom stereocenters. The van der Waals surface area contributed by atoms with E-state index in [1.54, 1.807) is 35.9 Å². The van der Waals surface area contributed by atoms with Gasteiger partial charge in [0.2, 0.25) is 0 Å². The van der Waals surface area contributed by atoms with Crippen LogP contribution < -0.4 is 20.7 Å². The third-order valence-electron chi connectivity index (χ3n) is 5.68. The van der Waals surface area contributed by atoms with Gasteiger partial charge in [0.15, 0.2) is 22.7 Å². The lowest BCUT2D eigenvalue weighted by Gasteiger charge is -2.13. The molecule has 0 fully saturated rings. The molecule has 10 heteroatoms. The van der Waals surface area contributed by atoms with Crippen molar-refractivity contribution in [3.63, 3.8) is 0 Å². The van der Waals surface area contributed by atoms with Crippen molar-refractivity contribution in [3.8, 4) is 22.9 Å². The standard InChI is InChI=1S/C26H29FN4O5/c1-16(2)14-31-24-22(25(32)29-26(31)33)30(11-12-34-3)23(28-24)18-7-10-20(21(13-18)35-4)36-15-17-5-8-19(27)9-6-17/h5-10,13,16H,11-12,14-15H2,1-4H3,(H,29,32,33). The fourth-order valence-corrected chi connectivity index (χ4v) is 4.00. The quantitative estimate of drug-likeness (QED) is 0.360. The number of H-pyrrole nitrogens is 1. The van der Waals surface area contributed by atoms with Gasteiger partial charge in [-0.25, -0.2) is 14.2 Å². The van der Waals surface area contributed by atoms with E-state index in [1.807, 2.05) is 19.9 Å². The second kappa shape index (κ2) is 10.8. The van der Waals surface area contributed by atoms with Crippen LogP contribution in [0.15, 0.2) is 52.1 Å². The maximum atomic E-state index is 13.2. The summed E-state index contributed by atoms with van der Waals surface area (Å²) in [5.74, 6) is 1.32. The first-order valence-corrected chi connectivity index (χ1v) is 11.6. The Hall–Kier alpha value is -3.92. The lowest BCUT2D eigenvalue weighted by molar-refractivity contribution is 0.188. The van der Waals surface area contributed by atoms with Crippen LogP contribution in [0.2, 0.25) is 0 Å². The van der Waals surface area contributed by atoms with Gasteiger partial charge >= 0.3 is 5.69 Å². The van der Waals surface area contributed by atoms with Crippen LogP contribution in [0.25, 0.3) is 22.6 Å². The predicted octanol–water partition coefficient (Wildman–Crippen LogP) is 3.58. The Balaban J connectivity index is 1.78. The number of hydrogen-bond donors (Lipinski definition) is 1. The molecule has 190 valence electrons. The molecule has 0 radical (unpaired) electrons. The maximum Gasteiger partial charge on any atom is 0.330 e. The highest BCUT2D eigenvalue weighted by atomic mass is 19.1. The fourth-order valence-electron chi connectivity index (χ4n) is 4.00. The predicted molar refractivity (Wildman–Crippen MR) is 134 cm³/mol. The van der Waals surface area contributed by atoms with E-state index in [9.17, 15) is 14.0 Å². The van der Waals surface area contributed by atoms with Crippen LogP contribution >= 0.6 is 0 Å². The van der Waals surface area contributed by atoms with E-state index in [1.165, 1.54) is 23.8 Å². The van der Waals surface area contributed by atoms with Gasteiger partial charge in [-0.15, -0.1) is 0 Å². The summed E-state index contributed by atoms with van der Waals surface area (Å²) in [5, 5.41) is 0. The molecule has 2 heterocycles.